The predicted molar refractivity (Wildman–Crippen MR) is 85.1 cm³/mol. The number of rotatable bonds is 2. The number of fused-ring (bicyclic) bond motifs is 1. The molecule has 114 valence electrons. The first-order valence-electron chi connectivity index (χ1n) is 7.77. The van der Waals surface area contributed by atoms with E-state index in [9.17, 15) is 0 Å². The molecule has 0 amide bonds. The molecule has 0 bridgehead atoms. The predicted octanol–water partition coefficient (Wildman–Crippen LogP) is 1.76. The van der Waals surface area contributed by atoms with Gasteiger partial charge in [0.15, 0.2) is 5.84 Å². The van der Waals surface area contributed by atoms with Crippen molar-refractivity contribution in [3.8, 4) is 0 Å². The van der Waals surface area contributed by atoms with Gasteiger partial charge in [0.25, 0.3) is 0 Å². The van der Waals surface area contributed by atoms with Gasteiger partial charge in [-0.1, -0.05) is 17.3 Å². The lowest BCUT2D eigenvalue weighted by Crippen LogP contribution is -2.37. The van der Waals surface area contributed by atoms with Crippen LogP contribution in [0.2, 0.25) is 0 Å². The van der Waals surface area contributed by atoms with E-state index >= 15 is 0 Å². The summed E-state index contributed by atoms with van der Waals surface area (Å²) in [7, 11) is 0. The van der Waals surface area contributed by atoms with Gasteiger partial charge in [-0.2, -0.15) is 0 Å². The second-order valence-corrected chi connectivity index (χ2v) is 6.09. The molecule has 0 radical (unpaired) electrons. The molecule has 3 rings (SSSR count). The summed E-state index contributed by atoms with van der Waals surface area (Å²) in [6, 6.07) is 6.65. The van der Waals surface area contributed by atoms with Gasteiger partial charge < -0.3 is 15.8 Å². The van der Waals surface area contributed by atoms with E-state index in [0.717, 1.165) is 24.3 Å². The molecule has 0 aliphatic carbocycles. The van der Waals surface area contributed by atoms with Crippen molar-refractivity contribution in [2.24, 2.45) is 10.9 Å². The number of hydrogen-bond acceptors (Lipinski definition) is 4. The molecule has 0 saturated carbocycles. The van der Waals surface area contributed by atoms with Gasteiger partial charge in [0.05, 0.1) is 5.69 Å². The third-order valence-corrected chi connectivity index (χ3v) is 4.74. The van der Waals surface area contributed by atoms with E-state index in [1.807, 2.05) is 12.1 Å². The molecule has 0 spiro atoms. The molecule has 2 saturated heterocycles. The summed E-state index contributed by atoms with van der Waals surface area (Å²) in [6.07, 6.45) is 3.75. The zero-order chi connectivity index (χ0) is 14.8. The summed E-state index contributed by atoms with van der Waals surface area (Å²) in [5, 5.41) is 12.2. The Balaban J connectivity index is 1.95. The first-order chi connectivity index (χ1) is 10.2. The number of para-hydroxylation sites is 1. The van der Waals surface area contributed by atoms with Crippen molar-refractivity contribution in [3.05, 3.63) is 29.3 Å². The summed E-state index contributed by atoms with van der Waals surface area (Å²) < 4.78 is 0. The van der Waals surface area contributed by atoms with Gasteiger partial charge in [-0.05, 0) is 44.4 Å². The highest BCUT2D eigenvalue weighted by Gasteiger charge is 2.30. The largest absolute Gasteiger partial charge is 0.409 e. The van der Waals surface area contributed by atoms with E-state index in [1.165, 1.54) is 37.9 Å². The minimum atomic E-state index is 0.196. The lowest BCUT2D eigenvalue weighted by Gasteiger charge is -2.30. The van der Waals surface area contributed by atoms with E-state index in [-0.39, 0.29) is 5.84 Å². The molecule has 1 atom stereocenters. The van der Waals surface area contributed by atoms with Crippen LogP contribution in [0.4, 0.5) is 5.69 Å². The Morgan fingerprint density at radius 3 is 2.90 bits per heavy atom. The van der Waals surface area contributed by atoms with E-state index in [4.69, 9.17) is 10.9 Å². The second kappa shape index (κ2) is 5.93. The van der Waals surface area contributed by atoms with E-state index in [0.29, 0.717) is 6.04 Å². The van der Waals surface area contributed by atoms with Gasteiger partial charge in [0.1, 0.15) is 0 Å². The van der Waals surface area contributed by atoms with Crippen LogP contribution in [0.1, 0.15) is 30.4 Å². The molecule has 1 unspecified atom stereocenters. The van der Waals surface area contributed by atoms with Crippen LogP contribution in [0.15, 0.2) is 23.4 Å². The van der Waals surface area contributed by atoms with Gasteiger partial charge in [-0.15, -0.1) is 0 Å². The zero-order valence-corrected chi connectivity index (χ0v) is 12.6. The van der Waals surface area contributed by atoms with Crippen LogP contribution in [0, 0.1) is 6.92 Å². The zero-order valence-electron chi connectivity index (χ0n) is 12.6. The smallest absolute Gasteiger partial charge is 0.172 e. The van der Waals surface area contributed by atoms with Gasteiger partial charge >= 0.3 is 0 Å². The molecule has 5 heteroatoms. The topological polar surface area (TPSA) is 65.1 Å². The monoisotopic (exact) mass is 288 g/mol. The molecule has 5 nitrogen and oxygen atoms in total. The van der Waals surface area contributed by atoms with E-state index in [2.05, 4.69) is 27.9 Å². The maximum atomic E-state index is 9.04. The van der Waals surface area contributed by atoms with Crippen LogP contribution >= 0.6 is 0 Å². The van der Waals surface area contributed by atoms with Gasteiger partial charge in [-0.3, -0.25) is 4.90 Å². The molecule has 1 aromatic carbocycles. The van der Waals surface area contributed by atoms with E-state index in [1.54, 1.807) is 0 Å². The minimum Gasteiger partial charge on any atom is -0.409 e. The summed E-state index contributed by atoms with van der Waals surface area (Å²) >= 11 is 0. The maximum Gasteiger partial charge on any atom is 0.172 e. The van der Waals surface area contributed by atoms with E-state index < -0.39 is 0 Å². The number of nitrogens with zero attached hydrogens (tertiary/aromatic N) is 3. The van der Waals surface area contributed by atoms with Crippen molar-refractivity contribution in [1.29, 1.82) is 0 Å². The number of oxime groups is 1. The Labute approximate surface area is 126 Å². The first-order valence-corrected chi connectivity index (χ1v) is 7.77. The number of aryl methyl sites for hydroxylation is 1. The van der Waals surface area contributed by atoms with Crippen LogP contribution in [0.3, 0.4) is 0 Å². The Kier molecular flexibility index (Phi) is 4.01. The van der Waals surface area contributed by atoms with Crippen LogP contribution in [-0.2, 0) is 0 Å². The van der Waals surface area contributed by atoms with Crippen LogP contribution < -0.4 is 10.6 Å². The number of nitrogens with two attached hydrogens (primary N) is 1. The minimum absolute atomic E-state index is 0.196. The Bertz CT molecular complexity index is 543. The highest BCUT2D eigenvalue weighted by atomic mass is 16.4. The fraction of sp³-hybridized carbons (Fsp3) is 0.562. The lowest BCUT2D eigenvalue weighted by atomic mass is 10.0. The first kappa shape index (κ1) is 14.2. The van der Waals surface area contributed by atoms with Crippen LogP contribution in [0.25, 0.3) is 0 Å². The van der Waals surface area contributed by atoms with Crippen LogP contribution in [-0.4, -0.2) is 48.2 Å². The molecule has 3 N–H and O–H groups in total. The third-order valence-electron chi connectivity index (χ3n) is 4.74. The SMILES string of the molecule is Cc1cccc(/C(N)=N/O)c1N1CCCN2CCCC2C1. The molecule has 0 aromatic heterocycles. The average Bonchev–Trinajstić information content (AvgIpc) is 2.83. The van der Waals surface area contributed by atoms with Crippen molar-refractivity contribution in [1.82, 2.24) is 4.90 Å². The highest BCUT2D eigenvalue weighted by Crippen LogP contribution is 2.30. The molecule has 21 heavy (non-hydrogen) atoms. The number of benzene rings is 1. The second-order valence-electron chi connectivity index (χ2n) is 6.09. The van der Waals surface area contributed by atoms with Crippen molar-refractivity contribution >= 4 is 11.5 Å². The third kappa shape index (κ3) is 2.70. The average molecular weight is 288 g/mol. The van der Waals surface area contributed by atoms with Crippen molar-refractivity contribution in [2.45, 2.75) is 32.2 Å². The standard InChI is InChI=1S/C16H24N4O/c1-12-5-2-7-14(16(17)18-21)15(12)20-10-4-9-19-8-3-6-13(19)11-20/h2,5,7,13,21H,3-4,6,8-11H2,1H3,(H2,17,18). The number of anilines is 1. The maximum absolute atomic E-state index is 9.04. The number of amidine groups is 1. The highest BCUT2D eigenvalue weighted by molar-refractivity contribution is 6.02. The van der Waals surface area contributed by atoms with Crippen LogP contribution in [0.5, 0.6) is 0 Å². The van der Waals surface area contributed by atoms with Gasteiger partial charge in [0.2, 0.25) is 0 Å². The molecule has 2 fully saturated rings. The van der Waals surface area contributed by atoms with Crippen molar-refractivity contribution < 1.29 is 5.21 Å². The van der Waals surface area contributed by atoms with Crippen molar-refractivity contribution in [2.75, 3.05) is 31.1 Å². The van der Waals surface area contributed by atoms with Gasteiger partial charge in [-0.25, -0.2) is 0 Å². The molecule has 2 aliphatic rings. The fourth-order valence-corrected chi connectivity index (χ4v) is 3.75. The van der Waals surface area contributed by atoms with Crippen molar-refractivity contribution in [3.63, 3.8) is 0 Å². The summed E-state index contributed by atoms with van der Waals surface area (Å²) in [4.78, 5) is 5.04. The molecule has 2 heterocycles. The van der Waals surface area contributed by atoms with Gasteiger partial charge in [0, 0.05) is 31.2 Å². The molecule has 2 aliphatic heterocycles. The lowest BCUT2D eigenvalue weighted by molar-refractivity contribution is 0.273. The molecular weight excluding hydrogens is 264 g/mol. The Hall–Kier alpha value is -1.75. The normalized spacial score (nSPS) is 24.0. The summed E-state index contributed by atoms with van der Waals surface area (Å²) in [6.45, 7) is 6.59. The Morgan fingerprint density at radius 2 is 2.10 bits per heavy atom. The quantitative estimate of drug-likeness (QED) is 0.377. The Morgan fingerprint density at radius 1 is 1.29 bits per heavy atom. The summed E-state index contributed by atoms with van der Waals surface area (Å²) in [5.74, 6) is 0.196. The summed E-state index contributed by atoms with van der Waals surface area (Å²) in [5.41, 5.74) is 9.03. The fourth-order valence-electron chi connectivity index (χ4n) is 3.75. The molecular formula is C16H24N4O. The number of hydrogen-bond donors (Lipinski definition) is 2. The molecule has 1 aromatic rings.